The minimum absolute atomic E-state index is 0.00777. The summed E-state index contributed by atoms with van der Waals surface area (Å²) in [6.45, 7) is 5.61. The molecular formula is C11H24N2O3. The molecule has 0 rings (SSSR count). The number of carbonyl (C=O) groups excluding carboxylic acids is 1. The second kappa shape index (κ2) is 9.57. The van der Waals surface area contributed by atoms with E-state index in [0.29, 0.717) is 19.8 Å². The molecule has 2 N–H and O–H groups in total. The number of carbonyl (C=O) groups is 1. The highest BCUT2D eigenvalue weighted by Crippen LogP contribution is 1.94. The van der Waals surface area contributed by atoms with E-state index in [1.165, 1.54) is 0 Å². The fraction of sp³-hybridized carbons (Fsp3) is 0.909. The van der Waals surface area contributed by atoms with Crippen molar-refractivity contribution < 1.29 is 14.3 Å². The van der Waals surface area contributed by atoms with Crippen LogP contribution in [0.3, 0.4) is 0 Å². The first kappa shape index (κ1) is 15.3. The van der Waals surface area contributed by atoms with E-state index in [1.807, 2.05) is 6.92 Å². The SMILES string of the molecule is CCC(COC)NC(C)C(=O)NCCOC. The van der Waals surface area contributed by atoms with Gasteiger partial charge in [0.15, 0.2) is 0 Å². The second-order valence-electron chi connectivity index (χ2n) is 3.73. The molecule has 0 aliphatic heterocycles. The molecule has 0 aliphatic carbocycles. The third-order valence-corrected chi connectivity index (χ3v) is 2.35. The lowest BCUT2D eigenvalue weighted by atomic mass is 10.2. The van der Waals surface area contributed by atoms with E-state index in [0.717, 1.165) is 6.42 Å². The molecule has 5 heteroatoms. The quantitative estimate of drug-likeness (QED) is 0.556. The molecule has 0 aromatic heterocycles. The van der Waals surface area contributed by atoms with Crippen LogP contribution in [0.4, 0.5) is 0 Å². The molecule has 0 fully saturated rings. The smallest absolute Gasteiger partial charge is 0.236 e. The van der Waals surface area contributed by atoms with Crippen molar-refractivity contribution in [2.45, 2.75) is 32.4 Å². The third-order valence-electron chi connectivity index (χ3n) is 2.35. The molecule has 5 nitrogen and oxygen atoms in total. The molecule has 0 spiro atoms. The topological polar surface area (TPSA) is 59.6 Å². The molecule has 0 heterocycles. The lowest BCUT2D eigenvalue weighted by molar-refractivity contribution is -0.123. The van der Waals surface area contributed by atoms with Crippen molar-refractivity contribution in [2.75, 3.05) is 34.0 Å². The minimum Gasteiger partial charge on any atom is -0.383 e. The molecule has 0 bridgehead atoms. The van der Waals surface area contributed by atoms with Crippen LogP contribution in [0.15, 0.2) is 0 Å². The van der Waals surface area contributed by atoms with Crippen LogP contribution in [0.25, 0.3) is 0 Å². The summed E-state index contributed by atoms with van der Waals surface area (Å²) in [7, 11) is 3.27. The van der Waals surface area contributed by atoms with Gasteiger partial charge < -0.3 is 20.1 Å². The molecule has 0 radical (unpaired) electrons. The summed E-state index contributed by atoms with van der Waals surface area (Å²) in [4.78, 5) is 11.6. The first-order valence-electron chi connectivity index (χ1n) is 5.67. The lowest BCUT2D eigenvalue weighted by Crippen LogP contribution is -2.48. The van der Waals surface area contributed by atoms with E-state index < -0.39 is 0 Å². The molecule has 0 saturated heterocycles. The fourth-order valence-electron chi connectivity index (χ4n) is 1.34. The predicted molar refractivity (Wildman–Crippen MR) is 63.4 cm³/mol. The van der Waals surface area contributed by atoms with Gasteiger partial charge in [0, 0.05) is 26.8 Å². The van der Waals surface area contributed by atoms with Crippen LogP contribution in [0.2, 0.25) is 0 Å². The average molecular weight is 232 g/mol. The minimum atomic E-state index is -0.211. The van der Waals surface area contributed by atoms with E-state index in [1.54, 1.807) is 14.2 Å². The van der Waals surface area contributed by atoms with Gasteiger partial charge in [0.25, 0.3) is 0 Å². The van der Waals surface area contributed by atoms with Crippen molar-refractivity contribution in [3.63, 3.8) is 0 Å². The summed E-state index contributed by atoms with van der Waals surface area (Å²) >= 11 is 0. The number of nitrogens with one attached hydrogen (secondary N) is 2. The second-order valence-corrected chi connectivity index (χ2v) is 3.73. The number of rotatable bonds is 9. The Kier molecular flexibility index (Phi) is 9.18. The van der Waals surface area contributed by atoms with E-state index in [9.17, 15) is 4.79 Å². The third kappa shape index (κ3) is 6.76. The van der Waals surface area contributed by atoms with Crippen LogP contribution < -0.4 is 10.6 Å². The molecule has 1 amide bonds. The molecule has 0 aromatic rings. The van der Waals surface area contributed by atoms with Crippen molar-refractivity contribution in [3.8, 4) is 0 Å². The zero-order valence-electron chi connectivity index (χ0n) is 10.7. The van der Waals surface area contributed by atoms with Gasteiger partial charge in [0.1, 0.15) is 0 Å². The monoisotopic (exact) mass is 232 g/mol. The van der Waals surface area contributed by atoms with Crippen LogP contribution in [0.1, 0.15) is 20.3 Å². The average Bonchev–Trinajstić information content (AvgIpc) is 2.28. The highest BCUT2D eigenvalue weighted by atomic mass is 16.5. The predicted octanol–water partition coefficient (Wildman–Crippen LogP) is 0.152. The number of hydrogen-bond acceptors (Lipinski definition) is 4. The van der Waals surface area contributed by atoms with Crippen LogP contribution in [-0.4, -0.2) is 52.0 Å². The number of methoxy groups -OCH3 is 2. The molecule has 0 aliphatic rings. The van der Waals surface area contributed by atoms with E-state index >= 15 is 0 Å². The molecule has 16 heavy (non-hydrogen) atoms. The van der Waals surface area contributed by atoms with Gasteiger partial charge >= 0.3 is 0 Å². The van der Waals surface area contributed by atoms with Gasteiger partial charge in [-0.3, -0.25) is 4.79 Å². The summed E-state index contributed by atoms with van der Waals surface area (Å²) in [5.74, 6) is -0.00777. The largest absolute Gasteiger partial charge is 0.383 e. The standard InChI is InChI=1S/C11H24N2O3/c1-5-10(8-16-4)13-9(2)11(14)12-6-7-15-3/h9-10,13H,5-8H2,1-4H3,(H,12,14). The summed E-state index contributed by atoms with van der Waals surface area (Å²) in [5, 5.41) is 6.00. The fourth-order valence-corrected chi connectivity index (χ4v) is 1.34. The highest BCUT2D eigenvalue weighted by molar-refractivity contribution is 5.81. The van der Waals surface area contributed by atoms with Gasteiger partial charge in [0.2, 0.25) is 5.91 Å². The molecule has 96 valence electrons. The van der Waals surface area contributed by atoms with Gasteiger partial charge in [-0.25, -0.2) is 0 Å². The maximum absolute atomic E-state index is 11.6. The van der Waals surface area contributed by atoms with Crippen LogP contribution in [-0.2, 0) is 14.3 Å². The number of ether oxygens (including phenoxy) is 2. The summed E-state index contributed by atoms with van der Waals surface area (Å²) in [5.41, 5.74) is 0. The van der Waals surface area contributed by atoms with Crippen LogP contribution in [0.5, 0.6) is 0 Å². The van der Waals surface area contributed by atoms with Gasteiger partial charge in [0.05, 0.1) is 19.3 Å². The molecular weight excluding hydrogens is 208 g/mol. The first-order valence-corrected chi connectivity index (χ1v) is 5.67. The van der Waals surface area contributed by atoms with E-state index in [4.69, 9.17) is 9.47 Å². The summed E-state index contributed by atoms with van der Waals surface area (Å²) < 4.78 is 9.92. The van der Waals surface area contributed by atoms with Gasteiger partial charge in [-0.2, -0.15) is 0 Å². The van der Waals surface area contributed by atoms with Crippen LogP contribution >= 0.6 is 0 Å². The van der Waals surface area contributed by atoms with Gasteiger partial charge in [-0.05, 0) is 13.3 Å². The molecule has 0 saturated carbocycles. The highest BCUT2D eigenvalue weighted by Gasteiger charge is 2.15. The first-order chi connectivity index (χ1) is 7.65. The Hall–Kier alpha value is -0.650. The number of amides is 1. The Morgan fingerprint density at radius 1 is 1.31 bits per heavy atom. The Labute approximate surface area is 97.9 Å². The summed E-state index contributed by atoms with van der Waals surface area (Å²) in [6.07, 6.45) is 0.934. The molecule has 0 aromatic carbocycles. The van der Waals surface area contributed by atoms with Crippen molar-refractivity contribution in [1.29, 1.82) is 0 Å². The van der Waals surface area contributed by atoms with Crippen LogP contribution in [0, 0.1) is 0 Å². The normalized spacial score (nSPS) is 14.5. The van der Waals surface area contributed by atoms with Gasteiger partial charge in [-0.1, -0.05) is 6.92 Å². The van der Waals surface area contributed by atoms with Crippen molar-refractivity contribution >= 4 is 5.91 Å². The van der Waals surface area contributed by atoms with Crippen molar-refractivity contribution in [2.24, 2.45) is 0 Å². The molecule has 2 unspecified atom stereocenters. The van der Waals surface area contributed by atoms with E-state index in [-0.39, 0.29) is 18.0 Å². The van der Waals surface area contributed by atoms with Crippen molar-refractivity contribution in [3.05, 3.63) is 0 Å². The molecule has 2 atom stereocenters. The Bertz CT molecular complexity index is 188. The maximum atomic E-state index is 11.6. The zero-order valence-corrected chi connectivity index (χ0v) is 10.7. The summed E-state index contributed by atoms with van der Waals surface area (Å²) in [6, 6.07) is 0.00475. The zero-order chi connectivity index (χ0) is 12.4. The van der Waals surface area contributed by atoms with Gasteiger partial charge in [-0.15, -0.1) is 0 Å². The maximum Gasteiger partial charge on any atom is 0.236 e. The Morgan fingerprint density at radius 2 is 2.00 bits per heavy atom. The van der Waals surface area contributed by atoms with Crippen molar-refractivity contribution in [1.82, 2.24) is 10.6 Å². The number of hydrogen-bond donors (Lipinski definition) is 2. The Balaban J connectivity index is 3.83. The van der Waals surface area contributed by atoms with E-state index in [2.05, 4.69) is 17.6 Å². The Morgan fingerprint density at radius 3 is 2.50 bits per heavy atom. The lowest BCUT2D eigenvalue weighted by Gasteiger charge is -2.21.